The van der Waals surface area contributed by atoms with Gasteiger partial charge in [-0.15, -0.1) is 0 Å². The number of benzene rings is 3. The number of halogens is 3. The van der Waals surface area contributed by atoms with Crippen molar-refractivity contribution in [1.29, 1.82) is 0 Å². The van der Waals surface area contributed by atoms with E-state index in [0.717, 1.165) is 29.2 Å². The van der Waals surface area contributed by atoms with Gasteiger partial charge in [-0.2, -0.15) is 13.2 Å². The van der Waals surface area contributed by atoms with Crippen LogP contribution in [-0.2, 0) is 28.7 Å². The molecule has 10 heteroatoms. The second-order valence-electron chi connectivity index (χ2n) is 8.68. The Kier molecular flexibility index (Phi) is 6.96. The molecule has 0 spiro atoms. The minimum absolute atomic E-state index is 0.0589. The van der Waals surface area contributed by atoms with Crippen molar-refractivity contribution >= 4 is 25.4 Å². The SMILES string of the molecule is Bc1ccc(Oc2ccc(C(F)(F)F)c(CC(=O)O)c2)c(CN2C(=O)O[C@H](c3ccccc3)[C@@H]2C)c1. The highest BCUT2D eigenvalue weighted by Crippen LogP contribution is 2.37. The number of hydrogen-bond donors (Lipinski definition) is 1. The molecular weight excluding hydrogens is 474 g/mol. The van der Waals surface area contributed by atoms with Crippen molar-refractivity contribution in [2.45, 2.75) is 38.2 Å². The molecule has 0 unspecified atom stereocenters. The minimum Gasteiger partial charge on any atom is -0.481 e. The number of ether oxygens (including phenoxy) is 2. The lowest BCUT2D eigenvalue weighted by atomic mass is 9.93. The third-order valence-electron chi connectivity index (χ3n) is 6.03. The molecule has 1 amide bonds. The van der Waals surface area contributed by atoms with Gasteiger partial charge in [-0.3, -0.25) is 9.69 Å². The summed E-state index contributed by atoms with van der Waals surface area (Å²) in [7, 11) is 1.87. The summed E-state index contributed by atoms with van der Waals surface area (Å²) in [6, 6.07) is 17.4. The molecule has 36 heavy (non-hydrogen) atoms. The first-order chi connectivity index (χ1) is 17.0. The fourth-order valence-electron chi connectivity index (χ4n) is 4.26. The van der Waals surface area contributed by atoms with Crippen LogP contribution in [0.25, 0.3) is 0 Å². The molecule has 1 fully saturated rings. The van der Waals surface area contributed by atoms with Crippen LogP contribution in [0.1, 0.15) is 35.3 Å². The molecule has 3 aromatic carbocycles. The first-order valence-electron chi connectivity index (χ1n) is 11.2. The maximum Gasteiger partial charge on any atom is 0.416 e. The smallest absolute Gasteiger partial charge is 0.416 e. The summed E-state index contributed by atoms with van der Waals surface area (Å²) >= 11 is 0. The lowest BCUT2D eigenvalue weighted by molar-refractivity contribution is -0.139. The summed E-state index contributed by atoms with van der Waals surface area (Å²) in [6.07, 6.45) is -6.42. The maximum absolute atomic E-state index is 13.3. The van der Waals surface area contributed by atoms with Gasteiger partial charge in [0.1, 0.15) is 25.4 Å². The zero-order valence-corrected chi connectivity index (χ0v) is 19.6. The molecule has 6 nitrogen and oxygen atoms in total. The summed E-state index contributed by atoms with van der Waals surface area (Å²) in [5, 5.41) is 9.07. The Morgan fingerprint density at radius 1 is 1.08 bits per heavy atom. The molecule has 1 saturated heterocycles. The van der Waals surface area contributed by atoms with Crippen LogP contribution >= 0.6 is 0 Å². The average molecular weight is 497 g/mol. The monoisotopic (exact) mass is 497 g/mol. The van der Waals surface area contributed by atoms with Crippen LogP contribution in [0.4, 0.5) is 18.0 Å². The fraction of sp³-hybridized carbons (Fsp3) is 0.231. The predicted octanol–water partition coefficient (Wildman–Crippen LogP) is 4.47. The van der Waals surface area contributed by atoms with Gasteiger partial charge in [-0.05, 0) is 42.3 Å². The molecule has 186 valence electrons. The number of aliphatic carboxylic acids is 1. The second kappa shape index (κ2) is 9.97. The third kappa shape index (κ3) is 5.48. The molecule has 1 aliphatic rings. The summed E-state index contributed by atoms with van der Waals surface area (Å²) in [4.78, 5) is 25.4. The molecule has 0 radical (unpaired) electrons. The summed E-state index contributed by atoms with van der Waals surface area (Å²) in [5.74, 6) is -0.989. The summed E-state index contributed by atoms with van der Waals surface area (Å²) in [6.45, 7) is 2.04. The number of rotatable bonds is 7. The number of amides is 1. The number of hydrogen-bond acceptors (Lipinski definition) is 4. The normalized spacial score (nSPS) is 17.7. The van der Waals surface area contributed by atoms with E-state index in [0.29, 0.717) is 11.3 Å². The van der Waals surface area contributed by atoms with Crippen LogP contribution < -0.4 is 10.2 Å². The summed E-state index contributed by atoms with van der Waals surface area (Å²) in [5.41, 5.74) is 0.978. The van der Waals surface area contributed by atoms with E-state index in [2.05, 4.69) is 0 Å². The average Bonchev–Trinajstić information content (AvgIpc) is 3.09. The topological polar surface area (TPSA) is 76.1 Å². The van der Waals surface area contributed by atoms with E-state index in [-0.39, 0.29) is 18.3 Å². The molecule has 1 heterocycles. The molecule has 0 aromatic heterocycles. The van der Waals surface area contributed by atoms with Crippen LogP contribution in [0, 0.1) is 0 Å². The van der Waals surface area contributed by atoms with E-state index in [1.165, 1.54) is 0 Å². The Bertz CT molecular complexity index is 1280. The Morgan fingerprint density at radius 2 is 1.81 bits per heavy atom. The highest BCUT2D eigenvalue weighted by molar-refractivity contribution is 6.32. The first kappa shape index (κ1) is 25.2. The molecule has 2 atom stereocenters. The van der Waals surface area contributed by atoms with E-state index >= 15 is 0 Å². The Hall–Kier alpha value is -3.95. The van der Waals surface area contributed by atoms with Gasteiger partial charge >= 0.3 is 18.2 Å². The van der Waals surface area contributed by atoms with Gasteiger partial charge in [0.2, 0.25) is 0 Å². The Labute approximate surface area is 206 Å². The third-order valence-corrected chi connectivity index (χ3v) is 6.03. The van der Waals surface area contributed by atoms with Gasteiger partial charge in [0.15, 0.2) is 0 Å². The highest BCUT2D eigenvalue weighted by atomic mass is 19.4. The molecule has 1 N–H and O–H groups in total. The number of nitrogens with zero attached hydrogens (tertiary/aromatic N) is 1. The van der Waals surface area contributed by atoms with Gasteiger partial charge in [-0.1, -0.05) is 47.9 Å². The second-order valence-corrected chi connectivity index (χ2v) is 8.68. The van der Waals surface area contributed by atoms with Crippen LogP contribution in [0.3, 0.4) is 0 Å². The summed E-state index contributed by atoms with van der Waals surface area (Å²) < 4.78 is 51.5. The van der Waals surface area contributed by atoms with Crippen molar-refractivity contribution < 1.29 is 37.3 Å². The quantitative estimate of drug-likeness (QED) is 0.488. The lowest BCUT2D eigenvalue weighted by Gasteiger charge is -2.23. The molecule has 0 saturated carbocycles. The number of carboxylic acids is 1. The molecule has 0 bridgehead atoms. The molecule has 1 aliphatic heterocycles. The Balaban J connectivity index is 1.61. The van der Waals surface area contributed by atoms with E-state index < -0.39 is 41.9 Å². The highest BCUT2D eigenvalue weighted by Gasteiger charge is 2.40. The van der Waals surface area contributed by atoms with Crippen molar-refractivity contribution in [2.24, 2.45) is 0 Å². The number of carbonyl (C=O) groups excluding carboxylic acids is 1. The van der Waals surface area contributed by atoms with Crippen LogP contribution in [-0.4, -0.2) is 36.0 Å². The van der Waals surface area contributed by atoms with Crippen molar-refractivity contribution in [3.8, 4) is 11.5 Å². The first-order valence-corrected chi connectivity index (χ1v) is 11.2. The predicted molar refractivity (Wildman–Crippen MR) is 128 cm³/mol. The fourth-order valence-corrected chi connectivity index (χ4v) is 4.26. The lowest BCUT2D eigenvalue weighted by Crippen LogP contribution is -2.31. The number of cyclic esters (lactones) is 1. The van der Waals surface area contributed by atoms with Gasteiger partial charge < -0.3 is 14.6 Å². The van der Waals surface area contributed by atoms with Crippen molar-refractivity contribution in [2.75, 3.05) is 0 Å². The van der Waals surface area contributed by atoms with Gasteiger partial charge in [0, 0.05) is 5.56 Å². The van der Waals surface area contributed by atoms with Crippen molar-refractivity contribution in [3.63, 3.8) is 0 Å². The zero-order valence-electron chi connectivity index (χ0n) is 19.6. The molecule has 0 aliphatic carbocycles. The number of carbonyl (C=O) groups is 2. The molecule has 3 aromatic rings. The van der Waals surface area contributed by atoms with E-state index in [9.17, 15) is 22.8 Å². The van der Waals surface area contributed by atoms with Crippen LogP contribution in [0.15, 0.2) is 66.7 Å². The minimum atomic E-state index is -4.69. The number of carboxylic acid groups (broad SMARTS) is 1. The van der Waals surface area contributed by atoms with E-state index in [1.807, 2.05) is 51.2 Å². The standard InChI is InChI=1S/C26H23BF3NO5/c1-15-24(16-5-3-2-4-6-16)36-25(34)31(15)14-18-11-19(27)7-10-22(18)35-20-8-9-21(26(28,29)30)17(12-20)13-23(32)33/h2-12,15,24H,13-14,27H2,1H3,(H,32,33)/t15-,24-/m0/s1. The number of alkyl halides is 3. The maximum atomic E-state index is 13.3. The largest absolute Gasteiger partial charge is 0.481 e. The molecule has 4 rings (SSSR count). The van der Waals surface area contributed by atoms with E-state index in [1.54, 1.807) is 17.0 Å². The van der Waals surface area contributed by atoms with Gasteiger partial charge in [0.05, 0.1) is 24.6 Å². The van der Waals surface area contributed by atoms with Crippen molar-refractivity contribution in [3.05, 3.63) is 89.0 Å². The van der Waals surface area contributed by atoms with E-state index in [4.69, 9.17) is 14.6 Å². The Morgan fingerprint density at radius 3 is 2.47 bits per heavy atom. The van der Waals surface area contributed by atoms with Crippen molar-refractivity contribution in [1.82, 2.24) is 4.90 Å². The van der Waals surface area contributed by atoms with Crippen LogP contribution in [0.5, 0.6) is 11.5 Å². The van der Waals surface area contributed by atoms with Gasteiger partial charge in [-0.25, -0.2) is 4.79 Å². The van der Waals surface area contributed by atoms with Crippen LogP contribution in [0.2, 0.25) is 0 Å². The molecular formula is C26H23BF3NO5. The van der Waals surface area contributed by atoms with Gasteiger partial charge in [0.25, 0.3) is 0 Å². The zero-order chi connectivity index (χ0) is 26.0.